The number of thiol groups is 1. The van der Waals surface area contributed by atoms with Crippen molar-refractivity contribution in [2.24, 2.45) is 0 Å². The molecule has 0 fully saturated rings. The normalized spacial score (nSPS) is 16.1. The molecule has 0 N–H and O–H groups in total. The number of thioether (sulfide) groups is 1. The molecule has 0 aliphatic rings. The summed E-state index contributed by atoms with van der Waals surface area (Å²) >= 11 is 6.20. The van der Waals surface area contributed by atoms with Gasteiger partial charge in [-0.2, -0.15) is 24.4 Å². The van der Waals surface area contributed by atoms with Crippen LogP contribution in [0.3, 0.4) is 0 Å². The Hall–Kier alpha value is 0.700. The van der Waals surface area contributed by atoms with Crippen LogP contribution in [-0.4, -0.2) is 16.3 Å². The maximum Gasteiger partial charge on any atom is 0.0214 e. The minimum Gasteiger partial charge on any atom is -0.175 e. The maximum absolute atomic E-state index is 4.34. The predicted octanol–water partition coefficient (Wildman–Crippen LogP) is 2.45. The van der Waals surface area contributed by atoms with E-state index in [1.54, 1.807) is 0 Å². The molecule has 0 amide bonds. The maximum atomic E-state index is 4.34. The van der Waals surface area contributed by atoms with E-state index in [1.165, 1.54) is 0 Å². The lowest BCUT2D eigenvalue weighted by Crippen LogP contribution is -2.24. The quantitative estimate of drug-likeness (QED) is 0.590. The Labute approximate surface area is 61.8 Å². The van der Waals surface area contributed by atoms with E-state index in [-0.39, 0.29) is 0 Å². The molecule has 8 heavy (non-hydrogen) atoms. The third-order valence-electron chi connectivity index (χ3n) is 1.53. The zero-order chi connectivity index (χ0) is 6.78. The van der Waals surface area contributed by atoms with Crippen LogP contribution in [0.4, 0.5) is 0 Å². The summed E-state index contributed by atoms with van der Waals surface area (Å²) in [6.07, 6.45) is 2.12. The number of hydrogen-bond donors (Lipinski definition) is 1. The zero-order valence-corrected chi connectivity index (χ0v) is 7.64. The standard InChI is InChI=1S/C6H14S2/c1-5(7)6(2,3)8-4/h5,7H,1-4H3/t5-/m1/s1. The lowest BCUT2D eigenvalue weighted by molar-refractivity contribution is 0.707. The van der Waals surface area contributed by atoms with Crippen molar-refractivity contribution in [2.45, 2.75) is 30.8 Å². The molecule has 0 aromatic carbocycles. The molecule has 0 radical (unpaired) electrons. The van der Waals surface area contributed by atoms with Crippen molar-refractivity contribution >= 4 is 24.4 Å². The lowest BCUT2D eigenvalue weighted by Gasteiger charge is -2.25. The second-order valence-electron chi connectivity index (χ2n) is 2.48. The van der Waals surface area contributed by atoms with Crippen molar-refractivity contribution in [3.63, 3.8) is 0 Å². The van der Waals surface area contributed by atoms with Gasteiger partial charge in [0.1, 0.15) is 0 Å². The predicted molar refractivity (Wildman–Crippen MR) is 46.0 cm³/mol. The first kappa shape index (κ1) is 8.70. The van der Waals surface area contributed by atoms with Gasteiger partial charge in [-0.05, 0) is 20.1 Å². The summed E-state index contributed by atoms with van der Waals surface area (Å²) in [6, 6.07) is 0. The van der Waals surface area contributed by atoms with Crippen LogP contribution in [0.25, 0.3) is 0 Å². The summed E-state index contributed by atoms with van der Waals surface area (Å²) in [5.41, 5.74) is 0. The first-order valence-electron chi connectivity index (χ1n) is 2.74. The Morgan fingerprint density at radius 2 is 1.88 bits per heavy atom. The summed E-state index contributed by atoms with van der Waals surface area (Å²) in [5.74, 6) is 0. The van der Waals surface area contributed by atoms with Crippen LogP contribution in [0.5, 0.6) is 0 Å². The largest absolute Gasteiger partial charge is 0.175 e. The summed E-state index contributed by atoms with van der Waals surface area (Å²) < 4.78 is 0.323. The molecule has 1 atom stereocenters. The Balaban J connectivity index is 3.71. The van der Waals surface area contributed by atoms with E-state index < -0.39 is 0 Å². The van der Waals surface area contributed by atoms with Gasteiger partial charge in [0.25, 0.3) is 0 Å². The molecule has 0 aliphatic heterocycles. The average molecular weight is 150 g/mol. The minimum atomic E-state index is 0.323. The molecule has 0 bridgehead atoms. The van der Waals surface area contributed by atoms with Crippen LogP contribution in [0.2, 0.25) is 0 Å². The van der Waals surface area contributed by atoms with E-state index >= 15 is 0 Å². The fraction of sp³-hybridized carbons (Fsp3) is 1.00. The summed E-state index contributed by atoms with van der Waals surface area (Å²) in [7, 11) is 0. The molecule has 0 aromatic rings. The van der Waals surface area contributed by atoms with Gasteiger partial charge in [0.15, 0.2) is 0 Å². The summed E-state index contributed by atoms with van der Waals surface area (Å²) in [5, 5.41) is 0.470. The highest BCUT2D eigenvalue weighted by Gasteiger charge is 2.20. The van der Waals surface area contributed by atoms with Crippen molar-refractivity contribution in [3.8, 4) is 0 Å². The van der Waals surface area contributed by atoms with Gasteiger partial charge in [-0.25, -0.2) is 0 Å². The molecule has 0 saturated carbocycles. The fourth-order valence-corrected chi connectivity index (χ4v) is 0.828. The van der Waals surface area contributed by atoms with Crippen LogP contribution in [0.15, 0.2) is 0 Å². The fourth-order valence-electron chi connectivity index (χ4n) is 0.171. The van der Waals surface area contributed by atoms with E-state index in [9.17, 15) is 0 Å². The minimum absolute atomic E-state index is 0.323. The Morgan fingerprint density at radius 1 is 1.50 bits per heavy atom. The first-order valence-corrected chi connectivity index (χ1v) is 4.48. The highest BCUT2D eigenvalue weighted by molar-refractivity contribution is 8.00. The van der Waals surface area contributed by atoms with E-state index in [1.807, 2.05) is 11.8 Å². The summed E-state index contributed by atoms with van der Waals surface area (Å²) in [6.45, 7) is 6.53. The molecule has 0 unspecified atom stereocenters. The SMILES string of the molecule is CSC(C)(C)[C@@H](C)S. The topological polar surface area (TPSA) is 0 Å². The zero-order valence-electron chi connectivity index (χ0n) is 5.93. The van der Waals surface area contributed by atoms with Crippen LogP contribution in [0, 0.1) is 0 Å². The molecule has 0 aliphatic carbocycles. The van der Waals surface area contributed by atoms with Crippen LogP contribution in [0.1, 0.15) is 20.8 Å². The van der Waals surface area contributed by atoms with Gasteiger partial charge in [0, 0.05) is 10.00 Å². The van der Waals surface area contributed by atoms with Crippen molar-refractivity contribution < 1.29 is 0 Å². The third-order valence-corrected chi connectivity index (χ3v) is 3.76. The van der Waals surface area contributed by atoms with E-state index in [0.29, 0.717) is 10.00 Å². The molecule has 2 heteroatoms. The van der Waals surface area contributed by atoms with Gasteiger partial charge in [-0.3, -0.25) is 0 Å². The molecule has 50 valence electrons. The molecular formula is C6H14S2. The molecule has 0 aromatic heterocycles. The second-order valence-corrected chi connectivity index (χ2v) is 4.72. The highest BCUT2D eigenvalue weighted by Crippen LogP contribution is 2.28. The smallest absolute Gasteiger partial charge is 0.0214 e. The molecule has 0 nitrogen and oxygen atoms in total. The van der Waals surface area contributed by atoms with Crippen LogP contribution in [-0.2, 0) is 0 Å². The third kappa shape index (κ3) is 2.31. The van der Waals surface area contributed by atoms with Gasteiger partial charge in [0.05, 0.1) is 0 Å². The number of hydrogen-bond acceptors (Lipinski definition) is 2. The number of rotatable bonds is 2. The Morgan fingerprint density at radius 3 is 1.88 bits per heavy atom. The van der Waals surface area contributed by atoms with Gasteiger partial charge in [-0.15, -0.1) is 0 Å². The van der Waals surface area contributed by atoms with Crippen molar-refractivity contribution in [1.29, 1.82) is 0 Å². The second kappa shape index (κ2) is 3.02. The van der Waals surface area contributed by atoms with Gasteiger partial charge in [-0.1, -0.05) is 6.92 Å². The van der Waals surface area contributed by atoms with Crippen molar-refractivity contribution in [2.75, 3.05) is 6.26 Å². The average Bonchev–Trinajstić information content (AvgIpc) is 1.67. The van der Waals surface area contributed by atoms with Crippen LogP contribution >= 0.6 is 24.4 Å². The van der Waals surface area contributed by atoms with Gasteiger partial charge in [0.2, 0.25) is 0 Å². The summed E-state index contributed by atoms with van der Waals surface area (Å²) in [4.78, 5) is 0. The molecule has 0 rings (SSSR count). The first-order chi connectivity index (χ1) is 3.50. The molecule has 0 heterocycles. The Bertz CT molecular complexity index is 66.9. The van der Waals surface area contributed by atoms with E-state index in [4.69, 9.17) is 0 Å². The van der Waals surface area contributed by atoms with Crippen molar-refractivity contribution in [3.05, 3.63) is 0 Å². The highest BCUT2D eigenvalue weighted by atomic mass is 32.2. The Kier molecular flexibility index (Phi) is 3.28. The lowest BCUT2D eigenvalue weighted by atomic mass is 10.1. The van der Waals surface area contributed by atoms with Gasteiger partial charge >= 0.3 is 0 Å². The molecular weight excluding hydrogens is 136 g/mol. The molecule has 0 saturated heterocycles. The molecule has 0 spiro atoms. The van der Waals surface area contributed by atoms with Crippen molar-refractivity contribution in [1.82, 2.24) is 0 Å². The van der Waals surface area contributed by atoms with E-state index in [2.05, 4.69) is 39.7 Å². The monoisotopic (exact) mass is 150 g/mol. The van der Waals surface area contributed by atoms with Crippen LogP contribution < -0.4 is 0 Å². The van der Waals surface area contributed by atoms with E-state index in [0.717, 1.165) is 0 Å². The van der Waals surface area contributed by atoms with Gasteiger partial charge < -0.3 is 0 Å².